The maximum atomic E-state index is 11.9. The number of hydrogen-bond acceptors (Lipinski definition) is 3. The van der Waals surface area contributed by atoms with Gasteiger partial charge in [-0.1, -0.05) is 13.8 Å². The van der Waals surface area contributed by atoms with Crippen LogP contribution in [0.3, 0.4) is 0 Å². The Bertz CT molecular complexity index is 331. The minimum atomic E-state index is -1.02. The van der Waals surface area contributed by atoms with E-state index in [-0.39, 0.29) is 23.7 Å². The number of carboxylic acid groups (broad SMARTS) is 1. The highest BCUT2D eigenvalue weighted by molar-refractivity contribution is 5.87. The van der Waals surface area contributed by atoms with Gasteiger partial charge >= 0.3 is 5.97 Å². The van der Waals surface area contributed by atoms with E-state index in [0.29, 0.717) is 25.8 Å². The van der Waals surface area contributed by atoms with Gasteiger partial charge < -0.3 is 15.7 Å². The number of rotatable bonds is 5. The standard InChI is InChI=1S/C12H20N2O4/c1-7(2)5-9(12(17)18)14-11(16)8-3-4-10(15)13-6-8/h7-9H,3-6H2,1-2H3,(H,13,15)(H,14,16)(H,17,18)/t8-,9-/m1/s1. The SMILES string of the molecule is CC(C)C[C@@H](NC(=O)[C@@H]1CCC(=O)NC1)C(=O)O. The average molecular weight is 256 g/mol. The van der Waals surface area contributed by atoms with Crippen LogP contribution in [-0.4, -0.2) is 35.5 Å². The molecular weight excluding hydrogens is 236 g/mol. The molecule has 1 aliphatic heterocycles. The third-order valence-corrected chi connectivity index (χ3v) is 2.96. The summed E-state index contributed by atoms with van der Waals surface area (Å²) in [5.74, 6) is -1.50. The Morgan fingerprint density at radius 3 is 2.61 bits per heavy atom. The van der Waals surface area contributed by atoms with Crippen molar-refractivity contribution >= 4 is 17.8 Å². The highest BCUT2D eigenvalue weighted by Gasteiger charge is 2.28. The molecule has 2 amide bonds. The first kappa shape index (κ1) is 14.5. The molecule has 0 spiro atoms. The normalized spacial score (nSPS) is 21.3. The van der Waals surface area contributed by atoms with Crippen molar-refractivity contribution in [3.8, 4) is 0 Å². The van der Waals surface area contributed by atoms with Crippen molar-refractivity contribution in [3.63, 3.8) is 0 Å². The third-order valence-electron chi connectivity index (χ3n) is 2.96. The highest BCUT2D eigenvalue weighted by Crippen LogP contribution is 2.12. The molecule has 1 heterocycles. The van der Waals surface area contributed by atoms with Crippen LogP contribution < -0.4 is 10.6 Å². The van der Waals surface area contributed by atoms with E-state index in [1.165, 1.54) is 0 Å². The fourth-order valence-corrected chi connectivity index (χ4v) is 1.94. The molecule has 2 atom stereocenters. The molecule has 1 saturated heterocycles. The molecule has 0 bridgehead atoms. The first-order chi connectivity index (χ1) is 8.40. The average Bonchev–Trinajstić information content (AvgIpc) is 2.28. The summed E-state index contributed by atoms with van der Waals surface area (Å²) >= 11 is 0. The number of nitrogens with one attached hydrogen (secondary N) is 2. The predicted octanol–water partition coefficient (Wildman–Crippen LogP) is 0.128. The second-order valence-corrected chi connectivity index (χ2v) is 5.07. The minimum Gasteiger partial charge on any atom is -0.480 e. The van der Waals surface area contributed by atoms with Gasteiger partial charge in [0.25, 0.3) is 0 Å². The maximum Gasteiger partial charge on any atom is 0.326 e. The molecular formula is C12H20N2O4. The van der Waals surface area contributed by atoms with Gasteiger partial charge in [-0.3, -0.25) is 9.59 Å². The first-order valence-corrected chi connectivity index (χ1v) is 6.20. The van der Waals surface area contributed by atoms with E-state index in [9.17, 15) is 14.4 Å². The van der Waals surface area contributed by atoms with Crippen LogP contribution in [0.25, 0.3) is 0 Å². The lowest BCUT2D eigenvalue weighted by molar-refractivity contribution is -0.143. The van der Waals surface area contributed by atoms with Gasteiger partial charge in [-0.15, -0.1) is 0 Å². The predicted molar refractivity (Wildman–Crippen MR) is 64.8 cm³/mol. The number of carbonyl (C=O) groups is 3. The van der Waals surface area contributed by atoms with Crippen molar-refractivity contribution < 1.29 is 19.5 Å². The first-order valence-electron chi connectivity index (χ1n) is 6.20. The molecule has 102 valence electrons. The molecule has 1 aliphatic rings. The molecule has 0 aromatic carbocycles. The van der Waals surface area contributed by atoms with Gasteiger partial charge in [-0.05, 0) is 18.8 Å². The monoisotopic (exact) mass is 256 g/mol. The molecule has 0 aromatic rings. The van der Waals surface area contributed by atoms with Gasteiger partial charge in [0.1, 0.15) is 6.04 Å². The van der Waals surface area contributed by atoms with Crippen LogP contribution in [0.4, 0.5) is 0 Å². The highest BCUT2D eigenvalue weighted by atomic mass is 16.4. The maximum absolute atomic E-state index is 11.9. The lowest BCUT2D eigenvalue weighted by Gasteiger charge is -2.24. The molecule has 0 radical (unpaired) electrons. The van der Waals surface area contributed by atoms with Gasteiger partial charge in [0.15, 0.2) is 0 Å². The minimum absolute atomic E-state index is 0.0592. The van der Waals surface area contributed by atoms with E-state index < -0.39 is 12.0 Å². The number of aliphatic carboxylic acids is 1. The summed E-state index contributed by atoms with van der Waals surface area (Å²) in [7, 11) is 0. The largest absolute Gasteiger partial charge is 0.480 e. The van der Waals surface area contributed by atoms with Gasteiger partial charge in [0.05, 0.1) is 5.92 Å². The second-order valence-electron chi connectivity index (χ2n) is 5.07. The zero-order valence-electron chi connectivity index (χ0n) is 10.7. The Morgan fingerprint density at radius 2 is 2.17 bits per heavy atom. The molecule has 0 saturated carbocycles. The van der Waals surface area contributed by atoms with Crippen molar-refractivity contribution in [1.82, 2.24) is 10.6 Å². The van der Waals surface area contributed by atoms with E-state index in [1.807, 2.05) is 13.8 Å². The van der Waals surface area contributed by atoms with E-state index in [0.717, 1.165) is 0 Å². The zero-order valence-corrected chi connectivity index (χ0v) is 10.7. The number of amides is 2. The Labute approximate surface area is 106 Å². The lowest BCUT2D eigenvalue weighted by atomic mass is 9.97. The van der Waals surface area contributed by atoms with E-state index in [4.69, 9.17) is 5.11 Å². The van der Waals surface area contributed by atoms with Crippen LogP contribution in [0.5, 0.6) is 0 Å². The number of carbonyl (C=O) groups excluding carboxylic acids is 2. The fourth-order valence-electron chi connectivity index (χ4n) is 1.94. The molecule has 1 rings (SSSR count). The Hall–Kier alpha value is -1.59. The smallest absolute Gasteiger partial charge is 0.326 e. The van der Waals surface area contributed by atoms with Crippen LogP contribution in [0.2, 0.25) is 0 Å². The molecule has 18 heavy (non-hydrogen) atoms. The molecule has 6 heteroatoms. The summed E-state index contributed by atoms with van der Waals surface area (Å²) in [6.07, 6.45) is 1.20. The second kappa shape index (κ2) is 6.37. The molecule has 1 fully saturated rings. The number of piperidine rings is 1. The summed E-state index contributed by atoms with van der Waals surface area (Å²) in [6.45, 7) is 4.10. The third kappa shape index (κ3) is 4.35. The lowest BCUT2D eigenvalue weighted by Crippen LogP contribution is -2.48. The van der Waals surface area contributed by atoms with Crippen molar-refractivity contribution in [2.45, 2.75) is 39.2 Å². The summed E-state index contributed by atoms with van der Waals surface area (Å²) in [5.41, 5.74) is 0. The Kier molecular flexibility index (Phi) is 5.12. The Morgan fingerprint density at radius 1 is 1.50 bits per heavy atom. The zero-order chi connectivity index (χ0) is 13.7. The summed E-state index contributed by atoms with van der Waals surface area (Å²) in [4.78, 5) is 33.9. The van der Waals surface area contributed by atoms with Gasteiger partial charge in [0, 0.05) is 13.0 Å². The van der Waals surface area contributed by atoms with Crippen LogP contribution in [0.1, 0.15) is 33.1 Å². The van der Waals surface area contributed by atoms with Crippen LogP contribution in [-0.2, 0) is 14.4 Å². The van der Waals surface area contributed by atoms with Gasteiger partial charge in [-0.25, -0.2) is 4.79 Å². The molecule has 0 aliphatic carbocycles. The molecule has 0 unspecified atom stereocenters. The van der Waals surface area contributed by atoms with Gasteiger partial charge in [0.2, 0.25) is 11.8 Å². The van der Waals surface area contributed by atoms with Gasteiger partial charge in [-0.2, -0.15) is 0 Å². The summed E-state index contributed by atoms with van der Waals surface area (Å²) in [6, 6.07) is -0.852. The van der Waals surface area contributed by atoms with E-state index in [2.05, 4.69) is 10.6 Å². The molecule has 3 N–H and O–H groups in total. The summed E-state index contributed by atoms with van der Waals surface area (Å²) < 4.78 is 0. The molecule has 6 nitrogen and oxygen atoms in total. The van der Waals surface area contributed by atoms with Crippen LogP contribution in [0.15, 0.2) is 0 Å². The van der Waals surface area contributed by atoms with Crippen LogP contribution >= 0.6 is 0 Å². The van der Waals surface area contributed by atoms with Crippen molar-refractivity contribution in [2.75, 3.05) is 6.54 Å². The van der Waals surface area contributed by atoms with E-state index >= 15 is 0 Å². The fraction of sp³-hybridized carbons (Fsp3) is 0.750. The summed E-state index contributed by atoms with van der Waals surface area (Å²) in [5, 5.41) is 14.2. The number of carboxylic acids is 1. The van der Waals surface area contributed by atoms with Crippen molar-refractivity contribution in [1.29, 1.82) is 0 Å². The van der Waals surface area contributed by atoms with E-state index in [1.54, 1.807) is 0 Å². The Balaban J connectivity index is 2.50. The van der Waals surface area contributed by atoms with Crippen LogP contribution in [0, 0.1) is 11.8 Å². The van der Waals surface area contributed by atoms with Crippen molar-refractivity contribution in [3.05, 3.63) is 0 Å². The van der Waals surface area contributed by atoms with Crippen molar-refractivity contribution in [2.24, 2.45) is 11.8 Å². The topological polar surface area (TPSA) is 95.5 Å². The quantitative estimate of drug-likeness (QED) is 0.651. The number of hydrogen-bond donors (Lipinski definition) is 3. The molecule has 0 aromatic heterocycles.